The molecule has 1 aliphatic heterocycles. The molecule has 1 heterocycles. The number of rotatable bonds is 2. The number of likely N-dealkylation sites (N-methyl/N-ethyl adjacent to an activating group) is 1. The maximum absolute atomic E-state index is 2.33. The molecule has 106 valence electrons. The molecule has 0 N–H and O–H groups in total. The lowest BCUT2D eigenvalue weighted by atomic mass is 9.81. The van der Waals surface area contributed by atoms with Gasteiger partial charge in [-0.15, -0.1) is 0 Å². The lowest BCUT2D eigenvalue weighted by Crippen LogP contribution is -2.23. The van der Waals surface area contributed by atoms with Gasteiger partial charge in [-0.2, -0.15) is 0 Å². The minimum atomic E-state index is 0.0577. The highest BCUT2D eigenvalue weighted by atomic mass is 15.2. The summed E-state index contributed by atoms with van der Waals surface area (Å²) in [5.74, 6) is 0. The van der Waals surface area contributed by atoms with E-state index >= 15 is 0 Å². The van der Waals surface area contributed by atoms with Gasteiger partial charge in [0, 0.05) is 23.8 Å². The van der Waals surface area contributed by atoms with Gasteiger partial charge in [0.25, 0.3) is 0 Å². The molecule has 20 heavy (non-hydrogen) atoms. The fraction of sp³-hybridized carbons (Fsp3) is 0.368. The van der Waals surface area contributed by atoms with Crippen molar-refractivity contribution >= 4 is 5.69 Å². The van der Waals surface area contributed by atoms with Crippen LogP contribution in [-0.2, 0) is 5.41 Å². The summed E-state index contributed by atoms with van der Waals surface area (Å²) in [6, 6.07) is 4.58. The van der Waals surface area contributed by atoms with Crippen LogP contribution in [0.2, 0.25) is 0 Å². The third kappa shape index (κ3) is 2.33. The van der Waals surface area contributed by atoms with Gasteiger partial charge in [-0.05, 0) is 49.6 Å². The Morgan fingerprint density at radius 1 is 1.05 bits per heavy atom. The van der Waals surface area contributed by atoms with Crippen LogP contribution in [-0.4, -0.2) is 7.05 Å². The van der Waals surface area contributed by atoms with Crippen LogP contribution in [0.3, 0.4) is 0 Å². The van der Waals surface area contributed by atoms with Gasteiger partial charge in [-0.1, -0.05) is 44.2 Å². The van der Waals surface area contributed by atoms with Crippen molar-refractivity contribution in [3.63, 3.8) is 0 Å². The second kappa shape index (κ2) is 5.32. The zero-order valence-electron chi connectivity index (χ0n) is 13.5. The molecule has 1 aromatic carbocycles. The Morgan fingerprint density at radius 3 is 2.40 bits per heavy atom. The highest BCUT2D eigenvalue weighted by Gasteiger charge is 2.39. The van der Waals surface area contributed by atoms with Crippen LogP contribution in [0.1, 0.15) is 37.5 Å². The van der Waals surface area contributed by atoms with Crippen LogP contribution in [0, 0.1) is 13.8 Å². The molecule has 2 rings (SSSR count). The molecule has 0 aliphatic carbocycles. The third-order valence-electron chi connectivity index (χ3n) is 4.12. The van der Waals surface area contributed by atoms with Crippen LogP contribution >= 0.6 is 0 Å². The van der Waals surface area contributed by atoms with Crippen molar-refractivity contribution in [2.75, 3.05) is 11.9 Å². The lowest BCUT2D eigenvalue weighted by molar-refractivity contribution is 0.636. The molecule has 0 saturated heterocycles. The summed E-state index contributed by atoms with van der Waals surface area (Å²) in [5.41, 5.74) is 6.92. The standard InChI is InChI=1S/C19H25N/c1-7-8-9-10-11-17-19(4,5)18-15(3)12-14(2)13-16(18)20(17)6/h7-13H,1-6H3/b8-7+,10-9+,17-11-. The van der Waals surface area contributed by atoms with E-state index < -0.39 is 0 Å². The monoisotopic (exact) mass is 267 g/mol. The van der Waals surface area contributed by atoms with Crippen LogP contribution in [0.25, 0.3) is 0 Å². The Labute approximate surface area is 123 Å². The number of hydrogen-bond acceptors (Lipinski definition) is 1. The summed E-state index contributed by atoms with van der Waals surface area (Å²) in [6.45, 7) is 11.0. The van der Waals surface area contributed by atoms with Gasteiger partial charge in [-0.3, -0.25) is 0 Å². The van der Waals surface area contributed by atoms with Gasteiger partial charge in [0.1, 0.15) is 0 Å². The summed E-state index contributed by atoms with van der Waals surface area (Å²) in [5, 5.41) is 0. The summed E-state index contributed by atoms with van der Waals surface area (Å²) < 4.78 is 0. The van der Waals surface area contributed by atoms with E-state index in [2.05, 4.69) is 76.1 Å². The van der Waals surface area contributed by atoms with Crippen LogP contribution < -0.4 is 4.90 Å². The molecule has 0 radical (unpaired) electrons. The first kappa shape index (κ1) is 14.6. The molecule has 0 atom stereocenters. The number of nitrogens with zero attached hydrogens (tertiary/aromatic N) is 1. The molecule has 1 nitrogen and oxygen atoms in total. The van der Waals surface area contributed by atoms with Crippen LogP contribution in [0.5, 0.6) is 0 Å². The van der Waals surface area contributed by atoms with Crippen molar-refractivity contribution in [2.45, 2.75) is 40.0 Å². The number of anilines is 1. The number of benzene rings is 1. The van der Waals surface area contributed by atoms with E-state index in [-0.39, 0.29) is 5.41 Å². The Kier molecular flexibility index (Phi) is 3.89. The zero-order chi connectivity index (χ0) is 14.9. The summed E-state index contributed by atoms with van der Waals surface area (Å²) >= 11 is 0. The number of allylic oxidation sites excluding steroid dienone is 6. The first-order chi connectivity index (χ1) is 9.39. The molecule has 0 amide bonds. The lowest BCUT2D eigenvalue weighted by Gasteiger charge is -2.24. The van der Waals surface area contributed by atoms with E-state index in [1.54, 1.807) is 0 Å². The van der Waals surface area contributed by atoms with Crippen molar-refractivity contribution in [3.8, 4) is 0 Å². The molecular weight excluding hydrogens is 242 g/mol. The molecule has 0 spiro atoms. The van der Waals surface area contributed by atoms with E-state index in [1.165, 1.54) is 28.1 Å². The predicted octanol–water partition coefficient (Wildman–Crippen LogP) is 5.05. The maximum atomic E-state index is 2.33. The smallest absolute Gasteiger partial charge is 0.0453 e. The number of aryl methyl sites for hydroxylation is 2. The topological polar surface area (TPSA) is 3.24 Å². The summed E-state index contributed by atoms with van der Waals surface area (Å²) in [4.78, 5) is 2.33. The molecule has 1 aromatic rings. The second-order valence-electron chi connectivity index (χ2n) is 6.12. The van der Waals surface area contributed by atoms with Gasteiger partial charge in [0.15, 0.2) is 0 Å². The Bertz CT molecular complexity index is 600. The van der Waals surface area contributed by atoms with E-state index in [4.69, 9.17) is 0 Å². The molecule has 0 saturated carbocycles. The summed E-state index contributed by atoms with van der Waals surface area (Å²) in [7, 11) is 2.17. The normalized spacial score (nSPS) is 19.5. The summed E-state index contributed by atoms with van der Waals surface area (Å²) in [6.07, 6.45) is 10.5. The minimum Gasteiger partial charge on any atom is -0.347 e. The highest BCUT2D eigenvalue weighted by molar-refractivity contribution is 5.73. The third-order valence-corrected chi connectivity index (χ3v) is 4.12. The quantitative estimate of drug-likeness (QED) is 0.678. The fourth-order valence-electron chi connectivity index (χ4n) is 3.34. The average molecular weight is 267 g/mol. The Morgan fingerprint density at radius 2 is 1.75 bits per heavy atom. The largest absolute Gasteiger partial charge is 0.347 e. The Balaban J connectivity index is 2.53. The molecule has 0 fully saturated rings. The molecule has 1 aliphatic rings. The van der Waals surface area contributed by atoms with E-state index in [0.717, 1.165) is 0 Å². The van der Waals surface area contributed by atoms with Gasteiger partial charge in [0.05, 0.1) is 0 Å². The molecule has 0 bridgehead atoms. The molecule has 0 aromatic heterocycles. The van der Waals surface area contributed by atoms with E-state index in [1.807, 2.05) is 13.0 Å². The van der Waals surface area contributed by atoms with Crippen molar-refractivity contribution in [1.82, 2.24) is 0 Å². The van der Waals surface area contributed by atoms with Crippen LogP contribution in [0.15, 0.2) is 48.2 Å². The van der Waals surface area contributed by atoms with E-state index in [0.29, 0.717) is 0 Å². The van der Waals surface area contributed by atoms with Gasteiger partial charge < -0.3 is 4.90 Å². The van der Waals surface area contributed by atoms with Crippen molar-refractivity contribution < 1.29 is 0 Å². The SMILES string of the molecule is C/C=C/C=C/C=C1\N(C)c2cc(C)cc(C)c2C1(C)C. The van der Waals surface area contributed by atoms with Crippen LogP contribution in [0.4, 0.5) is 5.69 Å². The molecular formula is C19H25N. The van der Waals surface area contributed by atoms with Gasteiger partial charge in [0.2, 0.25) is 0 Å². The first-order valence-electron chi connectivity index (χ1n) is 7.25. The number of hydrogen-bond donors (Lipinski definition) is 0. The average Bonchev–Trinajstić information content (AvgIpc) is 2.54. The number of fused-ring (bicyclic) bond motifs is 1. The van der Waals surface area contributed by atoms with Gasteiger partial charge in [-0.25, -0.2) is 0 Å². The Hall–Kier alpha value is -1.76. The fourth-order valence-corrected chi connectivity index (χ4v) is 3.34. The molecule has 1 heteroatoms. The van der Waals surface area contributed by atoms with Crippen molar-refractivity contribution in [1.29, 1.82) is 0 Å². The van der Waals surface area contributed by atoms with Crippen molar-refractivity contribution in [3.05, 3.63) is 64.9 Å². The van der Waals surface area contributed by atoms with Crippen molar-refractivity contribution in [2.24, 2.45) is 0 Å². The highest BCUT2D eigenvalue weighted by Crippen LogP contribution is 2.48. The zero-order valence-corrected chi connectivity index (χ0v) is 13.5. The first-order valence-corrected chi connectivity index (χ1v) is 7.25. The molecule has 0 unspecified atom stereocenters. The minimum absolute atomic E-state index is 0.0577. The van der Waals surface area contributed by atoms with Gasteiger partial charge >= 0.3 is 0 Å². The van der Waals surface area contributed by atoms with E-state index in [9.17, 15) is 0 Å². The second-order valence-corrected chi connectivity index (χ2v) is 6.12. The maximum Gasteiger partial charge on any atom is 0.0453 e. The predicted molar refractivity (Wildman–Crippen MR) is 89.4 cm³/mol.